The van der Waals surface area contributed by atoms with Gasteiger partial charge < -0.3 is 10.2 Å². The molecule has 0 bridgehead atoms. The van der Waals surface area contributed by atoms with Crippen LogP contribution in [0.4, 0.5) is 28.4 Å². The molecule has 0 aliphatic heterocycles. The van der Waals surface area contributed by atoms with E-state index in [2.05, 4.69) is 168 Å². The maximum Gasteiger partial charge on any atom is 0.0540 e. The molecule has 0 fully saturated rings. The fraction of sp³-hybridized carbons (Fsp3) is 0.375. The van der Waals surface area contributed by atoms with Crippen molar-refractivity contribution in [2.75, 3.05) is 10.2 Å². The van der Waals surface area contributed by atoms with Crippen LogP contribution in [0.1, 0.15) is 126 Å². The van der Waals surface area contributed by atoms with Gasteiger partial charge in [-0.1, -0.05) is 121 Å². The predicted octanol–water partition coefficient (Wildman–Crippen LogP) is 15.1. The highest BCUT2D eigenvalue weighted by atomic mass is 15.1. The topological polar surface area (TPSA) is 15.3 Å². The van der Waals surface area contributed by atoms with E-state index in [0.717, 1.165) is 17.8 Å². The minimum Gasteiger partial charge on any atom is -0.355 e. The fourth-order valence-electron chi connectivity index (χ4n) is 7.33. The number of hydrogen-bond donors (Lipinski definition) is 1. The summed E-state index contributed by atoms with van der Waals surface area (Å²) in [7, 11) is 0. The zero-order chi connectivity index (χ0) is 35.5. The minimum absolute atomic E-state index is 0.508. The molecule has 2 heteroatoms. The molecule has 2 nitrogen and oxygen atoms in total. The lowest BCUT2D eigenvalue weighted by Crippen LogP contribution is -2.14. The lowest BCUT2D eigenvalue weighted by molar-refractivity contribution is 0.596. The maximum absolute atomic E-state index is 3.80. The third-order valence-electron chi connectivity index (χ3n) is 10.5. The number of nitrogens with one attached hydrogen (secondary N) is 1. The molecule has 262 valence electrons. The predicted molar refractivity (Wildman–Crippen MR) is 220 cm³/mol. The summed E-state index contributed by atoms with van der Waals surface area (Å²) in [6.07, 6.45) is 10.8. The number of nitrogens with zero attached hydrogens (tertiary/aromatic N) is 1. The largest absolute Gasteiger partial charge is 0.355 e. The lowest BCUT2D eigenvalue weighted by Gasteiger charge is -2.31. The molecule has 2 atom stereocenters. The van der Waals surface area contributed by atoms with E-state index in [0.29, 0.717) is 11.8 Å². The first-order valence-corrected chi connectivity index (χ1v) is 19.4. The molecule has 5 aromatic carbocycles. The molecular formula is C48H60N2. The zero-order valence-electron chi connectivity index (χ0n) is 31.9. The molecule has 0 radical (unpaired) electrons. The van der Waals surface area contributed by atoms with Crippen molar-refractivity contribution in [1.29, 1.82) is 0 Å². The number of rotatable bonds is 17. The van der Waals surface area contributed by atoms with Gasteiger partial charge in [-0.25, -0.2) is 0 Å². The van der Waals surface area contributed by atoms with E-state index in [4.69, 9.17) is 0 Å². The lowest BCUT2D eigenvalue weighted by atomic mass is 9.90. The summed E-state index contributed by atoms with van der Waals surface area (Å²) in [5.74, 6) is 1.10. The summed E-state index contributed by atoms with van der Waals surface area (Å²) < 4.78 is 0. The third-order valence-corrected chi connectivity index (χ3v) is 10.5. The number of unbranched alkanes of at least 4 members (excludes halogenated alkanes) is 2. The van der Waals surface area contributed by atoms with Gasteiger partial charge in [0.05, 0.1) is 11.4 Å². The Kier molecular flexibility index (Phi) is 13.4. The third kappa shape index (κ3) is 9.08. The second-order valence-corrected chi connectivity index (χ2v) is 14.4. The molecule has 1 N–H and O–H groups in total. The van der Waals surface area contributed by atoms with Crippen molar-refractivity contribution in [3.63, 3.8) is 0 Å². The van der Waals surface area contributed by atoms with Crippen molar-refractivity contribution in [2.45, 2.75) is 118 Å². The molecule has 0 amide bonds. The summed E-state index contributed by atoms with van der Waals surface area (Å²) in [5, 5.41) is 3.80. The van der Waals surface area contributed by atoms with Crippen LogP contribution in [0.2, 0.25) is 0 Å². The van der Waals surface area contributed by atoms with Crippen LogP contribution < -0.4 is 10.2 Å². The first kappa shape index (κ1) is 37.0. The Labute approximate surface area is 304 Å². The Morgan fingerprint density at radius 3 is 2.00 bits per heavy atom. The van der Waals surface area contributed by atoms with E-state index in [9.17, 15) is 0 Å². The molecular weight excluding hydrogens is 605 g/mol. The Hall–Kier alpha value is -4.30. The first-order chi connectivity index (χ1) is 24.4. The summed E-state index contributed by atoms with van der Waals surface area (Å²) in [6.45, 7) is 16.0. The van der Waals surface area contributed by atoms with Crippen LogP contribution in [0.3, 0.4) is 0 Å². The molecule has 0 saturated carbocycles. The van der Waals surface area contributed by atoms with Crippen molar-refractivity contribution < 1.29 is 0 Å². The minimum atomic E-state index is 0.508. The average Bonchev–Trinajstić information content (AvgIpc) is 3.15. The van der Waals surface area contributed by atoms with Crippen LogP contribution in [-0.2, 0) is 6.42 Å². The van der Waals surface area contributed by atoms with Crippen molar-refractivity contribution in [2.24, 2.45) is 0 Å². The van der Waals surface area contributed by atoms with E-state index >= 15 is 0 Å². The van der Waals surface area contributed by atoms with Gasteiger partial charge in [-0.15, -0.1) is 0 Å². The Bertz CT molecular complexity index is 1770. The average molecular weight is 665 g/mol. The van der Waals surface area contributed by atoms with Gasteiger partial charge >= 0.3 is 0 Å². The Balaban J connectivity index is 1.66. The first-order valence-electron chi connectivity index (χ1n) is 19.4. The monoisotopic (exact) mass is 664 g/mol. The molecule has 50 heavy (non-hydrogen) atoms. The van der Waals surface area contributed by atoms with E-state index in [-0.39, 0.29) is 0 Å². The molecule has 0 aliphatic carbocycles. The smallest absolute Gasteiger partial charge is 0.0540 e. The van der Waals surface area contributed by atoms with Crippen LogP contribution in [0.25, 0.3) is 11.1 Å². The Morgan fingerprint density at radius 1 is 0.640 bits per heavy atom. The van der Waals surface area contributed by atoms with Gasteiger partial charge in [0.25, 0.3) is 0 Å². The standard InChI is InChI=1S/C48H60N2/c1-8-12-18-36(6)42-26-31-47(45(34-42)41-20-15-14-16-21-41)50(44-29-24-40(25-30-44)39(11-4)17-10-3)48-33-35(5)32-46(37(48)7)49-43-27-22-38(23-28-43)19-13-9-2/h14-16,20-34,36,39,49H,8-13,17-19H2,1-7H3. The fourth-order valence-corrected chi connectivity index (χ4v) is 7.33. The highest BCUT2D eigenvalue weighted by molar-refractivity contribution is 5.91. The van der Waals surface area contributed by atoms with Crippen LogP contribution in [0, 0.1) is 13.8 Å². The van der Waals surface area contributed by atoms with Crippen LogP contribution >= 0.6 is 0 Å². The van der Waals surface area contributed by atoms with Gasteiger partial charge in [0.15, 0.2) is 0 Å². The van der Waals surface area contributed by atoms with Gasteiger partial charge in [-0.05, 0) is 140 Å². The van der Waals surface area contributed by atoms with E-state index in [1.165, 1.54) is 107 Å². The number of anilines is 5. The normalized spacial score (nSPS) is 12.5. The number of aryl methyl sites for hydroxylation is 2. The van der Waals surface area contributed by atoms with Gasteiger partial charge in [0.2, 0.25) is 0 Å². The highest BCUT2D eigenvalue weighted by Crippen LogP contribution is 2.45. The summed E-state index contributed by atoms with van der Waals surface area (Å²) in [4.78, 5) is 2.51. The number of benzene rings is 5. The van der Waals surface area contributed by atoms with Gasteiger partial charge in [-0.3, -0.25) is 0 Å². The second-order valence-electron chi connectivity index (χ2n) is 14.4. The van der Waals surface area contributed by atoms with Crippen molar-refractivity contribution in [3.05, 3.63) is 137 Å². The number of hydrogen-bond acceptors (Lipinski definition) is 2. The highest BCUT2D eigenvalue weighted by Gasteiger charge is 2.22. The summed E-state index contributed by atoms with van der Waals surface area (Å²) in [6, 6.07) is 41.3. The van der Waals surface area contributed by atoms with Crippen LogP contribution in [-0.4, -0.2) is 0 Å². The van der Waals surface area contributed by atoms with Gasteiger partial charge in [-0.2, -0.15) is 0 Å². The van der Waals surface area contributed by atoms with Crippen molar-refractivity contribution in [3.8, 4) is 11.1 Å². The summed E-state index contributed by atoms with van der Waals surface area (Å²) >= 11 is 0. The van der Waals surface area contributed by atoms with E-state index in [1.807, 2.05) is 0 Å². The molecule has 0 aromatic heterocycles. The van der Waals surface area contributed by atoms with E-state index < -0.39 is 0 Å². The van der Waals surface area contributed by atoms with Crippen LogP contribution in [0.15, 0.2) is 109 Å². The van der Waals surface area contributed by atoms with Crippen LogP contribution in [0.5, 0.6) is 0 Å². The van der Waals surface area contributed by atoms with Gasteiger partial charge in [0, 0.05) is 22.6 Å². The van der Waals surface area contributed by atoms with Crippen molar-refractivity contribution >= 4 is 28.4 Å². The summed E-state index contributed by atoms with van der Waals surface area (Å²) in [5.41, 5.74) is 15.1. The molecule has 5 rings (SSSR count). The van der Waals surface area contributed by atoms with Crippen molar-refractivity contribution in [1.82, 2.24) is 0 Å². The molecule has 0 saturated heterocycles. The molecule has 5 aromatic rings. The van der Waals surface area contributed by atoms with Gasteiger partial charge in [0.1, 0.15) is 0 Å². The van der Waals surface area contributed by atoms with E-state index in [1.54, 1.807) is 0 Å². The zero-order valence-corrected chi connectivity index (χ0v) is 31.9. The molecule has 2 unspecified atom stereocenters. The quantitative estimate of drug-likeness (QED) is 0.106. The second kappa shape index (κ2) is 18.1. The SMILES string of the molecule is CCCCc1ccc(Nc2cc(C)cc(N(c3ccc(C(CC)CCC)cc3)c3ccc(C(C)CCCC)cc3-c3ccccc3)c2C)cc1. The Morgan fingerprint density at radius 2 is 1.34 bits per heavy atom. The molecule has 0 spiro atoms. The molecule has 0 aliphatic rings. The maximum atomic E-state index is 3.80. The molecule has 0 heterocycles.